The van der Waals surface area contributed by atoms with Crippen molar-refractivity contribution in [3.63, 3.8) is 0 Å². The van der Waals surface area contributed by atoms with E-state index in [4.69, 9.17) is 11.6 Å². The third-order valence-corrected chi connectivity index (χ3v) is 5.64. The lowest BCUT2D eigenvalue weighted by atomic mass is 10.1. The van der Waals surface area contributed by atoms with Crippen molar-refractivity contribution in [1.82, 2.24) is 20.6 Å². The van der Waals surface area contributed by atoms with Crippen LogP contribution in [0.15, 0.2) is 58.2 Å². The van der Waals surface area contributed by atoms with Crippen LogP contribution in [-0.4, -0.2) is 27.3 Å². The summed E-state index contributed by atoms with van der Waals surface area (Å²) < 4.78 is 1.22. The molecule has 29 heavy (non-hydrogen) atoms. The van der Waals surface area contributed by atoms with Crippen molar-refractivity contribution in [2.45, 2.75) is 24.8 Å². The molecule has 1 heterocycles. The van der Waals surface area contributed by atoms with Crippen molar-refractivity contribution in [1.29, 1.82) is 0 Å². The van der Waals surface area contributed by atoms with Gasteiger partial charge in [0.15, 0.2) is 5.69 Å². The van der Waals surface area contributed by atoms with Crippen LogP contribution in [0.3, 0.4) is 0 Å². The fourth-order valence-corrected chi connectivity index (χ4v) is 3.87. The lowest BCUT2D eigenvalue weighted by Gasteiger charge is -2.11. The molecule has 0 bridgehead atoms. The van der Waals surface area contributed by atoms with Crippen LogP contribution in [-0.2, 0) is 11.3 Å². The van der Waals surface area contributed by atoms with Gasteiger partial charge >= 0.3 is 0 Å². The number of nitrogens with one attached hydrogen (secondary N) is 2. The summed E-state index contributed by atoms with van der Waals surface area (Å²) >= 11 is 7.54. The van der Waals surface area contributed by atoms with Gasteiger partial charge in [0.05, 0.1) is 10.4 Å². The first-order valence-electron chi connectivity index (χ1n) is 8.97. The maximum atomic E-state index is 12.6. The molecule has 7 nitrogen and oxygen atoms in total. The molecular formula is C20H19ClN4O3S. The van der Waals surface area contributed by atoms with Gasteiger partial charge in [-0.2, -0.15) is 5.10 Å². The molecule has 2 N–H and O–H groups in total. The zero-order chi connectivity index (χ0) is 20.8. The second-order valence-electron chi connectivity index (χ2n) is 6.05. The minimum absolute atomic E-state index is 0.0767. The number of rotatable bonds is 6. The van der Waals surface area contributed by atoms with E-state index in [0.29, 0.717) is 28.1 Å². The maximum absolute atomic E-state index is 12.6. The van der Waals surface area contributed by atoms with Crippen LogP contribution in [0.25, 0.3) is 10.8 Å². The molecule has 0 aliphatic rings. The Kier molecular flexibility index (Phi) is 6.90. The lowest BCUT2D eigenvalue weighted by Crippen LogP contribution is -2.42. The number of nitrogens with zero attached hydrogens (tertiary/aromatic N) is 2. The molecule has 3 rings (SSSR count). The SMILES string of the molecule is CCn1nc(C(=O)NNC(=O)CCSc2ccccc2Cl)c2ccccc2c1=O. The van der Waals surface area contributed by atoms with E-state index >= 15 is 0 Å². The minimum Gasteiger partial charge on any atom is -0.273 e. The van der Waals surface area contributed by atoms with Crippen LogP contribution >= 0.6 is 23.4 Å². The van der Waals surface area contributed by atoms with Gasteiger partial charge in [-0.1, -0.05) is 41.9 Å². The number of fused-ring (bicyclic) bond motifs is 1. The average Bonchev–Trinajstić information content (AvgIpc) is 2.74. The normalized spacial score (nSPS) is 10.7. The highest BCUT2D eigenvalue weighted by molar-refractivity contribution is 7.99. The highest BCUT2D eigenvalue weighted by Crippen LogP contribution is 2.26. The van der Waals surface area contributed by atoms with Crippen molar-refractivity contribution in [3.05, 3.63) is 69.6 Å². The Bertz CT molecular complexity index is 1120. The smallest absolute Gasteiger partial charge is 0.273 e. The van der Waals surface area contributed by atoms with E-state index in [1.54, 1.807) is 37.3 Å². The average molecular weight is 431 g/mol. The van der Waals surface area contributed by atoms with Gasteiger partial charge in [0, 0.05) is 29.0 Å². The first-order valence-corrected chi connectivity index (χ1v) is 10.3. The Labute approximate surface area is 176 Å². The van der Waals surface area contributed by atoms with E-state index < -0.39 is 5.91 Å². The van der Waals surface area contributed by atoms with Crippen molar-refractivity contribution in [2.75, 3.05) is 5.75 Å². The minimum atomic E-state index is -0.587. The summed E-state index contributed by atoms with van der Waals surface area (Å²) in [6.45, 7) is 2.10. The molecule has 0 atom stereocenters. The molecule has 150 valence electrons. The van der Waals surface area contributed by atoms with Gasteiger partial charge in [0.1, 0.15) is 0 Å². The Morgan fingerprint density at radius 1 is 1.07 bits per heavy atom. The van der Waals surface area contributed by atoms with Crippen molar-refractivity contribution < 1.29 is 9.59 Å². The quantitative estimate of drug-likeness (QED) is 0.463. The van der Waals surface area contributed by atoms with Crippen molar-refractivity contribution in [3.8, 4) is 0 Å². The number of aryl methyl sites for hydroxylation is 1. The summed E-state index contributed by atoms with van der Waals surface area (Å²) in [5.74, 6) is -0.422. The van der Waals surface area contributed by atoms with E-state index in [0.717, 1.165) is 4.90 Å². The number of aromatic nitrogens is 2. The summed E-state index contributed by atoms with van der Waals surface area (Å²) in [6, 6.07) is 14.1. The number of carbonyl (C=O) groups is 2. The topological polar surface area (TPSA) is 93.1 Å². The second-order valence-corrected chi connectivity index (χ2v) is 7.59. The second kappa shape index (κ2) is 9.58. The number of benzene rings is 2. The first kappa shape index (κ1) is 20.9. The van der Waals surface area contributed by atoms with Gasteiger partial charge in [-0.25, -0.2) is 4.68 Å². The van der Waals surface area contributed by atoms with Crippen molar-refractivity contribution >= 4 is 45.9 Å². The Balaban J connectivity index is 1.62. The predicted molar refractivity (Wildman–Crippen MR) is 114 cm³/mol. The molecule has 0 aliphatic heterocycles. The summed E-state index contributed by atoms with van der Waals surface area (Å²) in [5, 5.41) is 5.60. The molecule has 0 radical (unpaired) electrons. The molecule has 0 unspecified atom stereocenters. The lowest BCUT2D eigenvalue weighted by molar-refractivity contribution is -0.121. The molecule has 0 fully saturated rings. The molecule has 1 aromatic heterocycles. The van der Waals surface area contributed by atoms with E-state index in [-0.39, 0.29) is 23.6 Å². The number of carbonyl (C=O) groups excluding carboxylic acids is 2. The fraction of sp³-hybridized carbons (Fsp3) is 0.200. The van der Waals surface area contributed by atoms with Gasteiger partial charge in [-0.05, 0) is 25.1 Å². The third kappa shape index (κ3) is 4.96. The largest absolute Gasteiger partial charge is 0.290 e. The molecule has 0 spiro atoms. The molecule has 3 aromatic rings. The molecule has 0 saturated heterocycles. The van der Waals surface area contributed by atoms with Gasteiger partial charge in [0.2, 0.25) is 5.91 Å². The van der Waals surface area contributed by atoms with Gasteiger partial charge in [0.25, 0.3) is 11.5 Å². The van der Waals surface area contributed by atoms with Crippen LogP contribution in [0.2, 0.25) is 5.02 Å². The molecule has 0 aliphatic carbocycles. The molecule has 2 aromatic carbocycles. The summed E-state index contributed by atoms with van der Waals surface area (Å²) in [5.41, 5.74) is 4.57. The Hall–Kier alpha value is -2.84. The highest BCUT2D eigenvalue weighted by Gasteiger charge is 2.16. The molecule has 2 amide bonds. The number of hydrogen-bond acceptors (Lipinski definition) is 5. The molecular weight excluding hydrogens is 412 g/mol. The number of hydrazine groups is 1. The zero-order valence-corrected chi connectivity index (χ0v) is 17.2. The third-order valence-electron chi connectivity index (χ3n) is 4.12. The zero-order valence-electron chi connectivity index (χ0n) is 15.6. The van der Waals surface area contributed by atoms with Gasteiger partial charge in [-0.15, -0.1) is 11.8 Å². The van der Waals surface area contributed by atoms with Gasteiger partial charge in [-0.3, -0.25) is 25.2 Å². The number of halogens is 1. The highest BCUT2D eigenvalue weighted by atomic mass is 35.5. The maximum Gasteiger partial charge on any atom is 0.290 e. The van der Waals surface area contributed by atoms with E-state index in [1.165, 1.54) is 16.4 Å². The van der Waals surface area contributed by atoms with Crippen LogP contribution in [0.5, 0.6) is 0 Å². The van der Waals surface area contributed by atoms with Crippen LogP contribution in [0.4, 0.5) is 0 Å². The monoisotopic (exact) mass is 430 g/mol. The molecule has 9 heteroatoms. The predicted octanol–water partition coefficient (Wildman–Crippen LogP) is 3.01. The summed E-state index contributed by atoms with van der Waals surface area (Å²) in [4.78, 5) is 37.8. The molecule has 0 saturated carbocycles. The summed E-state index contributed by atoms with van der Waals surface area (Å²) in [6.07, 6.45) is 0.193. The van der Waals surface area contributed by atoms with Crippen LogP contribution in [0, 0.1) is 0 Å². The number of thioether (sulfide) groups is 1. The Morgan fingerprint density at radius 2 is 1.76 bits per heavy atom. The summed E-state index contributed by atoms with van der Waals surface area (Å²) in [7, 11) is 0. The van der Waals surface area contributed by atoms with Crippen LogP contribution in [0.1, 0.15) is 23.8 Å². The first-order chi connectivity index (χ1) is 14.0. The Morgan fingerprint density at radius 3 is 2.48 bits per heavy atom. The van der Waals surface area contributed by atoms with E-state index in [2.05, 4.69) is 16.0 Å². The van der Waals surface area contributed by atoms with E-state index in [1.807, 2.05) is 18.2 Å². The standard InChI is InChI=1S/C20H19ClN4O3S/c1-2-25-20(28)14-8-4-3-7-13(14)18(24-25)19(27)23-22-17(26)11-12-29-16-10-6-5-9-15(16)21/h3-10H,2,11-12H2,1H3,(H,22,26)(H,23,27). The number of hydrogen-bond donors (Lipinski definition) is 2. The van der Waals surface area contributed by atoms with Gasteiger partial charge < -0.3 is 0 Å². The van der Waals surface area contributed by atoms with Crippen LogP contribution < -0.4 is 16.4 Å². The van der Waals surface area contributed by atoms with Crippen molar-refractivity contribution in [2.24, 2.45) is 0 Å². The fourth-order valence-electron chi connectivity index (χ4n) is 2.68. The number of amides is 2. The van der Waals surface area contributed by atoms with E-state index in [9.17, 15) is 14.4 Å².